The van der Waals surface area contributed by atoms with Crippen LogP contribution in [-0.2, 0) is 18.3 Å². The Morgan fingerprint density at radius 1 is 0.500 bits per heavy atom. The largest absolute Gasteiger partial charge is 0.135 e. The van der Waals surface area contributed by atoms with Crippen molar-refractivity contribution in [3.63, 3.8) is 0 Å². The Morgan fingerprint density at radius 2 is 1.16 bits per heavy atom. The molecule has 64 heavy (non-hydrogen) atoms. The van der Waals surface area contributed by atoms with Crippen LogP contribution in [0.4, 0.5) is 0 Å². The molecule has 0 amide bonds. The van der Waals surface area contributed by atoms with Gasteiger partial charge in [0.2, 0.25) is 0 Å². The average Bonchev–Trinajstić information content (AvgIpc) is 3.84. The Kier molecular flexibility index (Phi) is 10.4. The van der Waals surface area contributed by atoms with Crippen LogP contribution in [0.15, 0.2) is 200 Å². The lowest BCUT2D eigenvalue weighted by Gasteiger charge is -2.28. The van der Waals surface area contributed by atoms with Gasteiger partial charge in [-0.2, -0.15) is 0 Å². The summed E-state index contributed by atoms with van der Waals surface area (Å²) in [6, 6.07) is 75.5. The van der Waals surface area contributed by atoms with Gasteiger partial charge in [-0.3, -0.25) is 0 Å². The van der Waals surface area contributed by atoms with E-state index < -0.39 is 0 Å². The van der Waals surface area contributed by atoms with Gasteiger partial charge in [0.1, 0.15) is 0 Å². The lowest BCUT2D eigenvalue weighted by atomic mass is 9.75. The molecule has 1 heteroatoms. The van der Waals surface area contributed by atoms with Crippen LogP contribution in [-0.4, -0.2) is 0 Å². The number of hydrogen-bond acceptors (Lipinski definition) is 1. The molecular formula is C63H54S. The molecule has 0 aliphatic heterocycles. The summed E-state index contributed by atoms with van der Waals surface area (Å²) in [6.07, 6.45) is 3.03. The minimum Gasteiger partial charge on any atom is -0.135 e. The third kappa shape index (κ3) is 7.08. The Morgan fingerprint density at radius 3 is 1.91 bits per heavy atom. The Bertz CT molecular complexity index is 3300. The zero-order valence-electron chi connectivity index (χ0n) is 37.3. The van der Waals surface area contributed by atoms with Gasteiger partial charge in [-0.05, 0) is 127 Å². The van der Waals surface area contributed by atoms with E-state index in [0.717, 1.165) is 19.3 Å². The molecule has 11 rings (SSSR count). The number of hydrogen-bond donors (Lipinski definition) is 0. The molecule has 1 heterocycles. The summed E-state index contributed by atoms with van der Waals surface area (Å²) in [6.45, 7) is 9.68. The van der Waals surface area contributed by atoms with E-state index in [1.165, 1.54) is 103 Å². The van der Waals surface area contributed by atoms with Gasteiger partial charge >= 0.3 is 0 Å². The van der Waals surface area contributed by atoms with Crippen LogP contribution >= 0.6 is 11.3 Å². The second-order valence-corrected chi connectivity index (χ2v) is 19.8. The molecule has 0 saturated heterocycles. The molecule has 1 aliphatic rings. The minimum absolute atomic E-state index is 0.171. The normalized spacial score (nSPS) is 14.4. The standard InChI is InChI=1S/C63H54S/c1-41-37-49(43-19-8-5-9-20-43)32-31-47(41)38-56(45-23-12-7-13-24-45)42(2)48-34-36-55-58(39-48)63(3,4)59-40-57(51-26-14-15-28-53(51)61(55)59)50(44-21-10-6-11-22-44)35-33-46-25-18-29-54-52-27-16-17-30-60(52)64-62(46)54/h5-32,34,36-37,39-40,42,50,56H,33,35,38H2,1-4H3. The third-order valence-corrected chi connectivity index (χ3v) is 16.0. The second-order valence-electron chi connectivity index (χ2n) is 18.8. The lowest BCUT2D eigenvalue weighted by molar-refractivity contribution is 0.568. The van der Waals surface area contributed by atoms with Gasteiger partial charge < -0.3 is 0 Å². The molecule has 312 valence electrons. The molecule has 0 fully saturated rings. The summed E-state index contributed by atoms with van der Waals surface area (Å²) in [5.41, 5.74) is 17.9. The summed E-state index contributed by atoms with van der Waals surface area (Å²) in [4.78, 5) is 0. The monoisotopic (exact) mass is 842 g/mol. The van der Waals surface area contributed by atoms with Crippen molar-refractivity contribution in [3.05, 3.63) is 250 Å². The van der Waals surface area contributed by atoms with E-state index in [4.69, 9.17) is 0 Å². The van der Waals surface area contributed by atoms with Crippen molar-refractivity contribution >= 4 is 42.3 Å². The lowest BCUT2D eigenvalue weighted by Crippen LogP contribution is -2.17. The molecule has 3 atom stereocenters. The first-order valence-corrected chi connectivity index (χ1v) is 24.0. The summed E-state index contributed by atoms with van der Waals surface area (Å²) in [7, 11) is 0. The maximum atomic E-state index is 2.62. The summed E-state index contributed by atoms with van der Waals surface area (Å²) in [5, 5.41) is 5.49. The summed E-state index contributed by atoms with van der Waals surface area (Å²) < 4.78 is 2.80. The third-order valence-electron chi connectivity index (χ3n) is 14.7. The fourth-order valence-corrected chi connectivity index (χ4v) is 12.4. The van der Waals surface area contributed by atoms with Crippen LogP contribution < -0.4 is 0 Å². The van der Waals surface area contributed by atoms with E-state index in [1.807, 2.05) is 11.3 Å². The first-order chi connectivity index (χ1) is 31.3. The first-order valence-electron chi connectivity index (χ1n) is 23.2. The van der Waals surface area contributed by atoms with E-state index in [0.29, 0.717) is 11.8 Å². The van der Waals surface area contributed by atoms with Crippen LogP contribution in [0.3, 0.4) is 0 Å². The average molecular weight is 843 g/mol. The highest BCUT2D eigenvalue weighted by atomic mass is 32.1. The van der Waals surface area contributed by atoms with Gasteiger partial charge in [-0.1, -0.05) is 215 Å². The Balaban J connectivity index is 0.969. The molecule has 3 unspecified atom stereocenters. The van der Waals surface area contributed by atoms with Crippen LogP contribution in [0, 0.1) is 6.92 Å². The topological polar surface area (TPSA) is 0 Å². The maximum absolute atomic E-state index is 2.62. The number of fused-ring (bicyclic) bond motifs is 8. The van der Waals surface area contributed by atoms with E-state index in [1.54, 1.807) is 0 Å². The van der Waals surface area contributed by atoms with Crippen LogP contribution in [0.1, 0.15) is 95.0 Å². The van der Waals surface area contributed by atoms with Crippen molar-refractivity contribution < 1.29 is 0 Å². The van der Waals surface area contributed by atoms with Crippen molar-refractivity contribution in [1.29, 1.82) is 0 Å². The number of rotatable bonds is 11. The predicted molar refractivity (Wildman–Crippen MR) is 275 cm³/mol. The molecule has 0 bridgehead atoms. The van der Waals surface area contributed by atoms with Crippen LogP contribution in [0.25, 0.3) is 53.2 Å². The molecule has 0 N–H and O–H groups in total. The van der Waals surface area contributed by atoms with E-state index in [-0.39, 0.29) is 11.3 Å². The summed E-state index contributed by atoms with van der Waals surface area (Å²) >= 11 is 1.95. The van der Waals surface area contributed by atoms with E-state index in [2.05, 4.69) is 228 Å². The number of thiophene rings is 1. The van der Waals surface area contributed by atoms with Gasteiger partial charge in [0, 0.05) is 31.5 Å². The quantitative estimate of drug-likeness (QED) is 0.122. The molecule has 0 nitrogen and oxygen atoms in total. The molecular weight excluding hydrogens is 789 g/mol. The highest BCUT2D eigenvalue weighted by Crippen LogP contribution is 2.54. The van der Waals surface area contributed by atoms with Crippen molar-refractivity contribution in [1.82, 2.24) is 0 Å². The SMILES string of the molecule is Cc1cc(-c2ccccc2)ccc1CC(c1ccccc1)C(C)c1ccc2c(c1)C(C)(C)c1cc(C(CCc3cccc4c3sc3ccccc34)c3ccccc3)c3ccccc3c1-2. The van der Waals surface area contributed by atoms with Crippen molar-refractivity contribution in [2.75, 3.05) is 0 Å². The second kappa shape index (κ2) is 16.5. The van der Waals surface area contributed by atoms with Crippen LogP contribution in [0.5, 0.6) is 0 Å². The van der Waals surface area contributed by atoms with Crippen molar-refractivity contribution in [2.45, 2.75) is 70.1 Å². The minimum atomic E-state index is -0.171. The van der Waals surface area contributed by atoms with Gasteiger partial charge in [-0.25, -0.2) is 0 Å². The fraction of sp³-hybridized carbons (Fsp3) is 0.175. The van der Waals surface area contributed by atoms with Gasteiger partial charge in [-0.15, -0.1) is 11.3 Å². The van der Waals surface area contributed by atoms with E-state index >= 15 is 0 Å². The molecule has 0 radical (unpaired) electrons. The molecule has 9 aromatic carbocycles. The highest BCUT2D eigenvalue weighted by molar-refractivity contribution is 7.26. The molecule has 0 saturated carbocycles. The van der Waals surface area contributed by atoms with Crippen molar-refractivity contribution in [3.8, 4) is 22.3 Å². The first kappa shape index (κ1) is 40.2. The highest BCUT2D eigenvalue weighted by Gasteiger charge is 2.39. The predicted octanol–water partition coefficient (Wildman–Crippen LogP) is 17.4. The van der Waals surface area contributed by atoms with Gasteiger partial charge in [0.15, 0.2) is 0 Å². The van der Waals surface area contributed by atoms with E-state index in [9.17, 15) is 0 Å². The molecule has 1 aliphatic carbocycles. The zero-order chi connectivity index (χ0) is 43.4. The smallest absolute Gasteiger partial charge is 0.0387 e. The maximum Gasteiger partial charge on any atom is 0.0387 e. The van der Waals surface area contributed by atoms with Gasteiger partial charge in [0.05, 0.1) is 0 Å². The van der Waals surface area contributed by atoms with Crippen molar-refractivity contribution in [2.24, 2.45) is 0 Å². The zero-order valence-corrected chi connectivity index (χ0v) is 38.1. The van der Waals surface area contributed by atoms with Crippen LogP contribution in [0.2, 0.25) is 0 Å². The molecule has 0 spiro atoms. The Hall–Kier alpha value is -6.54. The summed E-state index contributed by atoms with van der Waals surface area (Å²) in [5.74, 6) is 0.874. The Labute approximate surface area is 382 Å². The van der Waals surface area contributed by atoms with Gasteiger partial charge in [0.25, 0.3) is 0 Å². The fourth-order valence-electron chi connectivity index (χ4n) is 11.2. The number of benzene rings is 9. The number of aryl methyl sites for hydroxylation is 2. The molecule has 1 aromatic heterocycles. The molecule has 10 aromatic rings.